The van der Waals surface area contributed by atoms with Gasteiger partial charge in [-0.15, -0.1) is 0 Å². The number of carbonyl (C=O) groups is 3. The van der Waals surface area contributed by atoms with E-state index < -0.39 is 5.97 Å². The highest BCUT2D eigenvalue weighted by Gasteiger charge is 2.37. The molecule has 1 saturated heterocycles. The molecule has 0 aliphatic carbocycles. The van der Waals surface area contributed by atoms with Crippen molar-refractivity contribution in [2.75, 3.05) is 20.3 Å². The zero-order valence-electron chi connectivity index (χ0n) is 14.9. The summed E-state index contributed by atoms with van der Waals surface area (Å²) in [4.78, 5) is 37.5. The number of nitrogens with zero attached hydrogens (tertiary/aromatic N) is 1. The van der Waals surface area contributed by atoms with Gasteiger partial charge in [0.15, 0.2) is 0 Å². The minimum Gasteiger partial charge on any atom is -0.466 e. The molecule has 6 nitrogen and oxygen atoms in total. The molecule has 2 atom stereocenters. The topological polar surface area (TPSA) is 72.9 Å². The second-order valence-corrected chi connectivity index (χ2v) is 7.25. The number of esters is 1. The predicted molar refractivity (Wildman–Crippen MR) is 86.0 cm³/mol. The summed E-state index contributed by atoms with van der Waals surface area (Å²) in [6, 6.07) is -0.0488. The number of carbonyl (C=O) groups excluding carboxylic acids is 3. The van der Waals surface area contributed by atoms with Crippen LogP contribution in [0.15, 0.2) is 0 Å². The summed E-state index contributed by atoms with van der Waals surface area (Å²) in [5.74, 6) is -0.764. The van der Waals surface area contributed by atoms with Crippen LogP contribution in [0.5, 0.6) is 0 Å². The lowest BCUT2D eigenvalue weighted by Gasteiger charge is -2.40. The molecule has 0 spiro atoms. The Morgan fingerprint density at radius 1 is 1.22 bits per heavy atom. The number of hydrogen-bond acceptors (Lipinski definition) is 5. The van der Waals surface area contributed by atoms with E-state index >= 15 is 0 Å². The van der Waals surface area contributed by atoms with Gasteiger partial charge in [0.1, 0.15) is 12.2 Å². The summed E-state index contributed by atoms with van der Waals surface area (Å²) in [6.45, 7) is 8.79. The standard InChI is InChI=1S/C17H29NO5/c1-6-23-15(20)10-14(19)12-7-8-18(16(21)22-5)13(9-12)11-17(2,3)4/h12-13H,6-11H2,1-5H3/t12-,13+/m1/s1. The lowest BCUT2D eigenvalue weighted by molar-refractivity contribution is -0.146. The number of Topliss-reactive ketones (excluding diaryl/α,β-unsaturated/α-hetero) is 1. The molecule has 1 heterocycles. The molecule has 0 radical (unpaired) electrons. The summed E-state index contributed by atoms with van der Waals surface area (Å²) >= 11 is 0. The molecule has 132 valence electrons. The maximum absolute atomic E-state index is 12.3. The van der Waals surface area contributed by atoms with Crippen molar-refractivity contribution in [1.29, 1.82) is 0 Å². The average Bonchev–Trinajstić information content (AvgIpc) is 2.44. The number of hydrogen-bond donors (Lipinski definition) is 0. The van der Waals surface area contributed by atoms with Gasteiger partial charge >= 0.3 is 12.1 Å². The molecule has 1 aliphatic heterocycles. The third-order valence-corrected chi connectivity index (χ3v) is 4.05. The van der Waals surface area contributed by atoms with Crippen LogP contribution >= 0.6 is 0 Å². The van der Waals surface area contributed by atoms with E-state index in [1.54, 1.807) is 11.8 Å². The normalized spacial score (nSPS) is 21.7. The number of amides is 1. The summed E-state index contributed by atoms with van der Waals surface area (Å²) < 4.78 is 9.70. The Hall–Kier alpha value is -1.59. The number of likely N-dealkylation sites (tertiary alicyclic amines) is 1. The highest BCUT2D eigenvalue weighted by molar-refractivity contribution is 5.96. The molecule has 0 N–H and O–H groups in total. The fourth-order valence-corrected chi connectivity index (χ4v) is 3.10. The summed E-state index contributed by atoms with van der Waals surface area (Å²) in [5, 5.41) is 0. The maximum atomic E-state index is 12.3. The largest absolute Gasteiger partial charge is 0.466 e. The van der Waals surface area contributed by atoms with Gasteiger partial charge in [-0.05, 0) is 31.6 Å². The van der Waals surface area contributed by atoms with Crippen LogP contribution in [0.25, 0.3) is 0 Å². The Labute approximate surface area is 138 Å². The van der Waals surface area contributed by atoms with E-state index in [0.717, 1.165) is 6.42 Å². The highest BCUT2D eigenvalue weighted by Crippen LogP contribution is 2.33. The molecule has 1 aliphatic rings. The molecule has 0 bridgehead atoms. The maximum Gasteiger partial charge on any atom is 0.409 e. The van der Waals surface area contributed by atoms with E-state index in [2.05, 4.69) is 20.8 Å². The fraction of sp³-hybridized carbons (Fsp3) is 0.824. The minimum absolute atomic E-state index is 0.0308. The number of methoxy groups -OCH3 is 1. The van der Waals surface area contributed by atoms with Crippen molar-refractivity contribution in [2.45, 2.75) is 59.4 Å². The molecular formula is C17H29NO5. The molecule has 0 aromatic heterocycles. The number of ether oxygens (including phenoxy) is 2. The molecule has 1 rings (SSSR count). The van der Waals surface area contributed by atoms with Crippen LogP contribution < -0.4 is 0 Å². The van der Waals surface area contributed by atoms with Gasteiger partial charge < -0.3 is 14.4 Å². The van der Waals surface area contributed by atoms with Crippen LogP contribution in [-0.2, 0) is 19.1 Å². The third-order valence-electron chi connectivity index (χ3n) is 4.05. The van der Waals surface area contributed by atoms with E-state index in [1.807, 2.05) is 0 Å². The zero-order valence-corrected chi connectivity index (χ0v) is 14.9. The van der Waals surface area contributed by atoms with Crippen molar-refractivity contribution in [2.24, 2.45) is 11.3 Å². The fourth-order valence-electron chi connectivity index (χ4n) is 3.10. The highest BCUT2D eigenvalue weighted by atomic mass is 16.5. The Bertz CT molecular complexity index is 441. The van der Waals surface area contributed by atoms with E-state index in [-0.39, 0.29) is 42.3 Å². The molecule has 0 aromatic rings. The number of rotatable bonds is 5. The molecule has 1 fully saturated rings. The van der Waals surface area contributed by atoms with Crippen molar-refractivity contribution >= 4 is 17.8 Å². The van der Waals surface area contributed by atoms with Crippen molar-refractivity contribution < 1.29 is 23.9 Å². The molecule has 0 aromatic carbocycles. The van der Waals surface area contributed by atoms with Gasteiger partial charge in [0.05, 0.1) is 13.7 Å². The van der Waals surface area contributed by atoms with Gasteiger partial charge in [0, 0.05) is 18.5 Å². The zero-order chi connectivity index (χ0) is 17.6. The Balaban J connectivity index is 2.75. The van der Waals surface area contributed by atoms with E-state index in [4.69, 9.17) is 9.47 Å². The SMILES string of the molecule is CCOC(=O)CC(=O)[C@@H]1CCN(C(=O)OC)[C@H](CC(C)(C)C)C1. The summed E-state index contributed by atoms with van der Waals surface area (Å²) in [7, 11) is 1.37. The average molecular weight is 327 g/mol. The predicted octanol–water partition coefficient (Wildman–Crippen LogP) is 2.79. The molecule has 0 unspecified atom stereocenters. The van der Waals surface area contributed by atoms with Gasteiger partial charge in [-0.25, -0.2) is 4.79 Å². The molecule has 23 heavy (non-hydrogen) atoms. The summed E-state index contributed by atoms with van der Waals surface area (Å²) in [5.41, 5.74) is 0.0308. The van der Waals surface area contributed by atoms with Crippen LogP contribution in [0, 0.1) is 11.3 Å². The van der Waals surface area contributed by atoms with Crippen LogP contribution in [0.2, 0.25) is 0 Å². The van der Waals surface area contributed by atoms with Crippen LogP contribution in [0.3, 0.4) is 0 Å². The quantitative estimate of drug-likeness (QED) is 0.573. The summed E-state index contributed by atoms with van der Waals surface area (Å²) in [6.07, 6.45) is 1.39. The lowest BCUT2D eigenvalue weighted by atomic mass is 9.79. The van der Waals surface area contributed by atoms with Gasteiger partial charge in [-0.2, -0.15) is 0 Å². The second-order valence-electron chi connectivity index (χ2n) is 7.25. The van der Waals surface area contributed by atoms with Crippen LogP contribution in [-0.4, -0.2) is 49.0 Å². The Morgan fingerprint density at radius 3 is 2.39 bits per heavy atom. The third kappa shape index (κ3) is 6.20. The van der Waals surface area contributed by atoms with E-state index in [9.17, 15) is 14.4 Å². The van der Waals surface area contributed by atoms with Crippen molar-refractivity contribution in [3.8, 4) is 0 Å². The smallest absolute Gasteiger partial charge is 0.409 e. The number of piperidine rings is 1. The molecular weight excluding hydrogens is 298 g/mol. The van der Waals surface area contributed by atoms with Gasteiger partial charge in [0.25, 0.3) is 0 Å². The Kier molecular flexibility index (Phi) is 7.03. The first kappa shape index (κ1) is 19.5. The Morgan fingerprint density at radius 2 is 1.87 bits per heavy atom. The van der Waals surface area contributed by atoms with E-state index in [0.29, 0.717) is 19.4 Å². The van der Waals surface area contributed by atoms with Crippen molar-refractivity contribution in [1.82, 2.24) is 4.90 Å². The first-order chi connectivity index (χ1) is 10.7. The minimum atomic E-state index is -0.472. The van der Waals surface area contributed by atoms with Crippen molar-refractivity contribution in [3.63, 3.8) is 0 Å². The van der Waals surface area contributed by atoms with Gasteiger partial charge in [-0.1, -0.05) is 20.8 Å². The monoisotopic (exact) mass is 327 g/mol. The van der Waals surface area contributed by atoms with Gasteiger partial charge in [0.2, 0.25) is 0 Å². The first-order valence-electron chi connectivity index (χ1n) is 8.21. The van der Waals surface area contributed by atoms with Crippen LogP contribution in [0.1, 0.15) is 53.4 Å². The molecule has 0 saturated carbocycles. The number of ketones is 1. The van der Waals surface area contributed by atoms with Gasteiger partial charge in [-0.3, -0.25) is 9.59 Å². The second kappa shape index (κ2) is 8.31. The lowest BCUT2D eigenvalue weighted by Crippen LogP contribution is -2.49. The van der Waals surface area contributed by atoms with Crippen LogP contribution in [0.4, 0.5) is 4.79 Å². The molecule has 1 amide bonds. The molecule has 6 heteroatoms. The van der Waals surface area contributed by atoms with E-state index in [1.165, 1.54) is 7.11 Å². The van der Waals surface area contributed by atoms with Crippen molar-refractivity contribution in [3.05, 3.63) is 0 Å². The first-order valence-corrected chi connectivity index (χ1v) is 8.21.